The monoisotopic (exact) mass is 378 g/mol. The van der Waals surface area contributed by atoms with E-state index in [1.54, 1.807) is 24.3 Å². The van der Waals surface area contributed by atoms with Crippen molar-refractivity contribution in [3.8, 4) is 11.5 Å². The summed E-state index contributed by atoms with van der Waals surface area (Å²) in [5.74, 6) is -1.17. The number of carbonyl (C=O) groups excluding carboxylic acids is 2. The van der Waals surface area contributed by atoms with Crippen LogP contribution in [0.5, 0.6) is 11.5 Å². The standard InChI is InChI=1S/C17H12Cl2N2O4/c1-25-14-7-9(6-13(19)15(14)22)5-12-16(23)20-21(17(12)24)11-4-2-3-10(18)8-11/h2-8,22H,1H3,(H,20,23). The molecule has 0 atom stereocenters. The van der Waals surface area contributed by atoms with Gasteiger partial charge in [0.2, 0.25) is 0 Å². The fourth-order valence-electron chi connectivity index (χ4n) is 2.35. The highest BCUT2D eigenvalue weighted by Crippen LogP contribution is 2.36. The van der Waals surface area contributed by atoms with Gasteiger partial charge in [-0.1, -0.05) is 29.3 Å². The minimum absolute atomic E-state index is 0.0451. The van der Waals surface area contributed by atoms with Gasteiger partial charge in [-0.2, -0.15) is 0 Å². The largest absolute Gasteiger partial charge is 0.503 e. The van der Waals surface area contributed by atoms with Crippen LogP contribution in [0.4, 0.5) is 5.69 Å². The van der Waals surface area contributed by atoms with Crippen LogP contribution in [-0.2, 0) is 9.59 Å². The second-order valence-corrected chi connectivity index (χ2v) is 6.02. The highest BCUT2D eigenvalue weighted by molar-refractivity contribution is 6.34. The van der Waals surface area contributed by atoms with E-state index in [2.05, 4.69) is 5.43 Å². The lowest BCUT2D eigenvalue weighted by molar-refractivity contribution is -0.117. The van der Waals surface area contributed by atoms with Crippen molar-refractivity contribution < 1.29 is 19.4 Å². The summed E-state index contributed by atoms with van der Waals surface area (Å²) in [6, 6.07) is 9.43. The topological polar surface area (TPSA) is 78.9 Å². The van der Waals surface area contributed by atoms with Crippen molar-refractivity contribution in [3.05, 3.63) is 57.6 Å². The summed E-state index contributed by atoms with van der Waals surface area (Å²) >= 11 is 11.8. The van der Waals surface area contributed by atoms with E-state index in [9.17, 15) is 14.7 Å². The molecule has 0 radical (unpaired) electrons. The molecule has 1 aliphatic rings. The number of rotatable bonds is 3. The lowest BCUT2D eigenvalue weighted by Gasteiger charge is -2.14. The lowest BCUT2D eigenvalue weighted by Crippen LogP contribution is -2.35. The number of phenolic OH excluding ortho intramolecular Hbond substituents is 1. The normalized spacial score (nSPS) is 15.6. The first-order chi connectivity index (χ1) is 11.9. The summed E-state index contributed by atoms with van der Waals surface area (Å²) in [5.41, 5.74) is 3.27. The number of hydrazine groups is 1. The molecule has 2 aromatic carbocycles. The average molecular weight is 379 g/mol. The molecule has 2 N–H and O–H groups in total. The third-order valence-corrected chi connectivity index (χ3v) is 4.06. The molecular weight excluding hydrogens is 367 g/mol. The number of halogens is 2. The Morgan fingerprint density at radius 3 is 2.64 bits per heavy atom. The highest BCUT2D eigenvalue weighted by atomic mass is 35.5. The molecule has 2 aromatic rings. The molecule has 1 fully saturated rings. The third kappa shape index (κ3) is 3.26. The van der Waals surface area contributed by atoms with Crippen LogP contribution in [0, 0.1) is 0 Å². The first-order valence-corrected chi connectivity index (χ1v) is 7.85. The number of methoxy groups -OCH3 is 1. The van der Waals surface area contributed by atoms with Crippen molar-refractivity contribution in [2.45, 2.75) is 0 Å². The fourth-order valence-corrected chi connectivity index (χ4v) is 2.76. The third-order valence-electron chi connectivity index (χ3n) is 3.54. The van der Waals surface area contributed by atoms with E-state index in [4.69, 9.17) is 27.9 Å². The van der Waals surface area contributed by atoms with E-state index in [0.717, 1.165) is 5.01 Å². The van der Waals surface area contributed by atoms with Gasteiger partial charge >= 0.3 is 0 Å². The van der Waals surface area contributed by atoms with E-state index in [-0.39, 0.29) is 22.1 Å². The maximum Gasteiger partial charge on any atom is 0.282 e. The molecule has 8 heteroatoms. The van der Waals surface area contributed by atoms with E-state index in [1.807, 2.05) is 0 Å². The number of carbonyl (C=O) groups is 2. The summed E-state index contributed by atoms with van der Waals surface area (Å²) in [6.07, 6.45) is 1.37. The minimum atomic E-state index is -0.562. The molecule has 128 valence electrons. The number of hydrogen-bond donors (Lipinski definition) is 2. The fraction of sp³-hybridized carbons (Fsp3) is 0.0588. The van der Waals surface area contributed by atoms with E-state index in [1.165, 1.54) is 25.3 Å². The first kappa shape index (κ1) is 17.1. The molecular formula is C17H12Cl2N2O4. The van der Waals surface area contributed by atoms with Crippen molar-refractivity contribution in [1.29, 1.82) is 0 Å². The Morgan fingerprint density at radius 1 is 1.20 bits per heavy atom. The number of ether oxygens (including phenoxy) is 1. The second kappa shape index (κ2) is 6.66. The number of aromatic hydroxyl groups is 1. The Kier molecular flexibility index (Phi) is 4.57. The zero-order chi connectivity index (χ0) is 18.1. The van der Waals surface area contributed by atoms with Crippen molar-refractivity contribution in [2.24, 2.45) is 0 Å². The number of amides is 2. The molecule has 0 bridgehead atoms. The second-order valence-electron chi connectivity index (χ2n) is 5.17. The predicted octanol–water partition coefficient (Wildman–Crippen LogP) is 3.17. The minimum Gasteiger partial charge on any atom is -0.503 e. The molecule has 3 rings (SSSR count). The average Bonchev–Trinajstić information content (AvgIpc) is 2.86. The Hall–Kier alpha value is -2.70. The zero-order valence-corrected chi connectivity index (χ0v) is 14.4. The van der Waals surface area contributed by atoms with Gasteiger partial charge < -0.3 is 9.84 Å². The van der Waals surface area contributed by atoms with Crippen molar-refractivity contribution in [2.75, 3.05) is 12.1 Å². The van der Waals surface area contributed by atoms with Crippen molar-refractivity contribution in [1.82, 2.24) is 5.43 Å². The number of benzene rings is 2. The molecule has 1 heterocycles. The molecule has 0 aliphatic carbocycles. The summed E-state index contributed by atoms with van der Waals surface area (Å²) in [7, 11) is 1.37. The summed E-state index contributed by atoms with van der Waals surface area (Å²) in [6.45, 7) is 0. The van der Waals surface area contributed by atoms with E-state index < -0.39 is 11.8 Å². The maximum atomic E-state index is 12.6. The highest BCUT2D eigenvalue weighted by Gasteiger charge is 2.34. The zero-order valence-electron chi connectivity index (χ0n) is 12.9. The molecule has 6 nitrogen and oxygen atoms in total. The van der Waals surface area contributed by atoms with Crippen molar-refractivity contribution >= 4 is 46.8 Å². The summed E-state index contributed by atoms with van der Waals surface area (Å²) in [4.78, 5) is 24.7. The first-order valence-electron chi connectivity index (χ1n) is 7.10. The van der Waals surface area contributed by atoms with Crippen LogP contribution in [0.3, 0.4) is 0 Å². The predicted molar refractivity (Wildman–Crippen MR) is 94.7 cm³/mol. The SMILES string of the molecule is COc1cc(C=C2C(=O)NN(c3cccc(Cl)c3)C2=O)cc(Cl)c1O. The lowest BCUT2D eigenvalue weighted by atomic mass is 10.1. The van der Waals surface area contributed by atoms with Gasteiger partial charge in [0.25, 0.3) is 11.8 Å². The molecule has 0 aromatic heterocycles. The molecule has 0 unspecified atom stereocenters. The van der Waals surface area contributed by atoms with Crippen LogP contribution in [0.1, 0.15) is 5.56 Å². The molecule has 0 saturated carbocycles. The smallest absolute Gasteiger partial charge is 0.282 e. The van der Waals surface area contributed by atoms with Crippen molar-refractivity contribution in [3.63, 3.8) is 0 Å². The van der Waals surface area contributed by atoms with Gasteiger partial charge in [0.05, 0.1) is 17.8 Å². The van der Waals surface area contributed by atoms with Crippen LogP contribution in [-0.4, -0.2) is 24.0 Å². The van der Waals surface area contributed by atoms with Gasteiger partial charge in [-0.05, 0) is 42.0 Å². The summed E-state index contributed by atoms with van der Waals surface area (Å²) < 4.78 is 5.01. The Bertz CT molecular complexity index is 912. The number of nitrogens with zero attached hydrogens (tertiary/aromatic N) is 1. The number of hydrogen-bond acceptors (Lipinski definition) is 4. The van der Waals surface area contributed by atoms with Crippen LogP contribution in [0.25, 0.3) is 6.08 Å². The van der Waals surface area contributed by atoms with E-state index in [0.29, 0.717) is 16.3 Å². The van der Waals surface area contributed by atoms with Gasteiger partial charge in [-0.3, -0.25) is 15.0 Å². The van der Waals surface area contributed by atoms with E-state index >= 15 is 0 Å². The Balaban J connectivity index is 1.98. The molecule has 1 aliphatic heterocycles. The van der Waals surface area contributed by atoms with Crippen LogP contribution in [0.15, 0.2) is 42.0 Å². The van der Waals surface area contributed by atoms with Crippen LogP contribution >= 0.6 is 23.2 Å². The summed E-state index contributed by atoms with van der Waals surface area (Å²) in [5, 5.41) is 11.4. The quantitative estimate of drug-likeness (QED) is 0.634. The molecule has 25 heavy (non-hydrogen) atoms. The van der Waals surface area contributed by atoms with Gasteiger partial charge in [-0.25, -0.2) is 5.01 Å². The number of phenols is 1. The number of anilines is 1. The van der Waals surface area contributed by atoms with Gasteiger partial charge in [-0.15, -0.1) is 0 Å². The molecule has 1 saturated heterocycles. The van der Waals surface area contributed by atoms with Gasteiger partial charge in [0.15, 0.2) is 11.5 Å². The van der Waals surface area contributed by atoms with Gasteiger partial charge in [0.1, 0.15) is 5.57 Å². The van der Waals surface area contributed by atoms with Gasteiger partial charge in [0, 0.05) is 5.02 Å². The Labute approximate surface area is 153 Å². The number of nitrogens with one attached hydrogen (secondary N) is 1. The molecule has 0 spiro atoms. The van der Waals surface area contributed by atoms with Crippen LogP contribution < -0.4 is 15.2 Å². The molecule has 2 amide bonds. The van der Waals surface area contributed by atoms with Crippen LogP contribution in [0.2, 0.25) is 10.0 Å². The maximum absolute atomic E-state index is 12.6. The Morgan fingerprint density at radius 2 is 1.96 bits per heavy atom.